The zero-order chi connectivity index (χ0) is 15.2. The SMILES string of the molecule is COC(C(=O)Nc1cccc(C)c1C#N)c1ccccc1. The Hall–Kier alpha value is -2.64. The summed E-state index contributed by atoms with van der Waals surface area (Å²) in [5, 5.41) is 12.0. The number of carbonyl (C=O) groups excluding carboxylic acids is 1. The molecular weight excluding hydrogens is 264 g/mol. The zero-order valence-corrected chi connectivity index (χ0v) is 12.0. The quantitative estimate of drug-likeness (QED) is 0.935. The topological polar surface area (TPSA) is 62.1 Å². The van der Waals surface area contributed by atoms with E-state index in [1.807, 2.05) is 43.3 Å². The van der Waals surface area contributed by atoms with Crippen molar-refractivity contribution in [1.82, 2.24) is 0 Å². The highest BCUT2D eigenvalue weighted by atomic mass is 16.5. The van der Waals surface area contributed by atoms with Crippen molar-refractivity contribution in [2.75, 3.05) is 12.4 Å². The second-order valence-electron chi connectivity index (χ2n) is 4.62. The van der Waals surface area contributed by atoms with Crippen molar-refractivity contribution in [3.05, 3.63) is 65.2 Å². The highest BCUT2D eigenvalue weighted by Crippen LogP contribution is 2.22. The van der Waals surface area contributed by atoms with Gasteiger partial charge in [0.2, 0.25) is 0 Å². The fourth-order valence-corrected chi connectivity index (χ4v) is 2.14. The summed E-state index contributed by atoms with van der Waals surface area (Å²) in [6, 6.07) is 16.7. The van der Waals surface area contributed by atoms with Gasteiger partial charge < -0.3 is 10.1 Å². The number of benzene rings is 2. The van der Waals surface area contributed by atoms with E-state index in [0.717, 1.165) is 11.1 Å². The number of amides is 1. The van der Waals surface area contributed by atoms with Crippen LogP contribution in [0.4, 0.5) is 5.69 Å². The summed E-state index contributed by atoms with van der Waals surface area (Å²) in [4.78, 5) is 12.4. The first-order valence-electron chi connectivity index (χ1n) is 6.55. The highest BCUT2D eigenvalue weighted by Gasteiger charge is 2.21. The Balaban J connectivity index is 2.25. The number of aryl methyl sites for hydroxylation is 1. The van der Waals surface area contributed by atoms with Gasteiger partial charge in [-0.2, -0.15) is 5.26 Å². The molecule has 21 heavy (non-hydrogen) atoms. The van der Waals surface area contributed by atoms with Gasteiger partial charge in [-0.25, -0.2) is 0 Å². The second-order valence-corrected chi connectivity index (χ2v) is 4.62. The Bertz CT molecular complexity index is 675. The Morgan fingerprint density at radius 3 is 2.52 bits per heavy atom. The predicted molar refractivity (Wildman–Crippen MR) is 80.7 cm³/mol. The summed E-state index contributed by atoms with van der Waals surface area (Å²) >= 11 is 0. The summed E-state index contributed by atoms with van der Waals surface area (Å²) in [6.07, 6.45) is -0.710. The minimum absolute atomic E-state index is 0.300. The molecule has 2 rings (SSSR count). The number of hydrogen-bond acceptors (Lipinski definition) is 3. The predicted octanol–water partition coefficient (Wildman–Crippen LogP) is 3.19. The number of nitrogens with one attached hydrogen (secondary N) is 1. The second kappa shape index (κ2) is 6.69. The van der Waals surface area contributed by atoms with Crippen LogP contribution < -0.4 is 5.32 Å². The molecule has 2 aromatic carbocycles. The smallest absolute Gasteiger partial charge is 0.258 e. The van der Waals surface area contributed by atoms with Crippen molar-refractivity contribution < 1.29 is 9.53 Å². The summed E-state index contributed by atoms with van der Waals surface area (Å²) in [7, 11) is 1.48. The van der Waals surface area contributed by atoms with E-state index in [1.165, 1.54) is 7.11 Å². The van der Waals surface area contributed by atoms with Crippen LogP contribution in [0.1, 0.15) is 22.8 Å². The molecule has 0 fully saturated rings. The van der Waals surface area contributed by atoms with Gasteiger partial charge in [-0.3, -0.25) is 4.79 Å². The normalized spacial score (nSPS) is 11.5. The van der Waals surface area contributed by atoms with Gasteiger partial charge in [-0.05, 0) is 24.1 Å². The molecule has 0 spiro atoms. The lowest BCUT2D eigenvalue weighted by atomic mass is 10.1. The zero-order valence-electron chi connectivity index (χ0n) is 12.0. The maximum Gasteiger partial charge on any atom is 0.258 e. The van der Waals surface area contributed by atoms with E-state index in [2.05, 4.69) is 11.4 Å². The molecule has 106 valence electrons. The number of methoxy groups -OCH3 is 1. The minimum atomic E-state index is -0.710. The first-order chi connectivity index (χ1) is 10.2. The number of ether oxygens (including phenoxy) is 1. The standard InChI is InChI=1S/C17H16N2O2/c1-12-7-6-10-15(14(12)11-18)19-17(20)16(21-2)13-8-4-3-5-9-13/h3-10,16H,1-2H3,(H,19,20). The lowest BCUT2D eigenvalue weighted by molar-refractivity contribution is -0.126. The minimum Gasteiger partial charge on any atom is -0.367 e. The van der Waals surface area contributed by atoms with Crippen LogP contribution in [-0.2, 0) is 9.53 Å². The highest BCUT2D eigenvalue weighted by molar-refractivity contribution is 5.96. The molecule has 0 aromatic heterocycles. The molecule has 0 heterocycles. The number of anilines is 1. The number of carbonyl (C=O) groups is 1. The maximum absolute atomic E-state index is 12.4. The third-order valence-electron chi connectivity index (χ3n) is 3.22. The van der Waals surface area contributed by atoms with E-state index in [0.29, 0.717) is 11.3 Å². The molecule has 0 saturated heterocycles. The maximum atomic E-state index is 12.4. The van der Waals surface area contributed by atoms with E-state index in [1.54, 1.807) is 12.1 Å². The number of hydrogen-bond donors (Lipinski definition) is 1. The summed E-state index contributed by atoms with van der Waals surface area (Å²) < 4.78 is 5.28. The van der Waals surface area contributed by atoms with Gasteiger partial charge in [0.25, 0.3) is 5.91 Å². The third kappa shape index (κ3) is 3.28. The van der Waals surface area contributed by atoms with Gasteiger partial charge in [0.1, 0.15) is 6.07 Å². The molecule has 4 nitrogen and oxygen atoms in total. The molecular formula is C17H16N2O2. The number of rotatable bonds is 4. The van der Waals surface area contributed by atoms with Crippen LogP contribution in [0, 0.1) is 18.3 Å². The van der Waals surface area contributed by atoms with Gasteiger partial charge in [0.05, 0.1) is 11.3 Å². The van der Waals surface area contributed by atoms with E-state index in [4.69, 9.17) is 4.74 Å². The van der Waals surface area contributed by atoms with Crippen molar-refractivity contribution in [3.63, 3.8) is 0 Å². The van der Waals surface area contributed by atoms with Gasteiger partial charge in [0.15, 0.2) is 6.10 Å². The monoisotopic (exact) mass is 280 g/mol. The average Bonchev–Trinajstić information content (AvgIpc) is 2.49. The Kier molecular flexibility index (Phi) is 4.70. The average molecular weight is 280 g/mol. The largest absolute Gasteiger partial charge is 0.367 e. The summed E-state index contributed by atoms with van der Waals surface area (Å²) in [6.45, 7) is 1.83. The molecule has 1 N–H and O–H groups in total. The lowest BCUT2D eigenvalue weighted by Gasteiger charge is -2.16. The van der Waals surface area contributed by atoms with E-state index < -0.39 is 6.10 Å². The molecule has 1 unspecified atom stereocenters. The van der Waals surface area contributed by atoms with Gasteiger partial charge in [-0.15, -0.1) is 0 Å². The van der Waals surface area contributed by atoms with Gasteiger partial charge in [-0.1, -0.05) is 42.5 Å². The van der Waals surface area contributed by atoms with Gasteiger partial charge >= 0.3 is 0 Å². The fourth-order valence-electron chi connectivity index (χ4n) is 2.14. The van der Waals surface area contributed by atoms with Crippen LogP contribution in [0.5, 0.6) is 0 Å². The number of nitrogens with zero attached hydrogens (tertiary/aromatic N) is 1. The van der Waals surface area contributed by atoms with E-state index >= 15 is 0 Å². The summed E-state index contributed by atoms with van der Waals surface area (Å²) in [5.74, 6) is -0.300. The van der Waals surface area contributed by atoms with Crippen molar-refractivity contribution in [3.8, 4) is 6.07 Å². The van der Waals surface area contributed by atoms with Crippen LogP contribution in [0.2, 0.25) is 0 Å². The van der Waals surface area contributed by atoms with Gasteiger partial charge in [0, 0.05) is 7.11 Å². The fraction of sp³-hybridized carbons (Fsp3) is 0.176. The molecule has 0 bridgehead atoms. The van der Waals surface area contributed by atoms with Crippen LogP contribution in [0.15, 0.2) is 48.5 Å². The number of nitriles is 1. The molecule has 1 amide bonds. The molecule has 2 aromatic rings. The van der Waals surface area contributed by atoms with E-state index in [9.17, 15) is 10.1 Å². The van der Waals surface area contributed by atoms with Crippen molar-refractivity contribution in [2.45, 2.75) is 13.0 Å². The van der Waals surface area contributed by atoms with Crippen molar-refractivity contribution >= 4 is 11.6 Å². The molecule has 0 radical (unpaired) electrons. The lowest BCUT2D eigenvalue weighted by Crippen LogP contribution is -2.23. The van der Waals surface area contributed by atoms with Crippen LogP contribution in [0.3, 0.4) is 0 Å². The molecule has 0 aliphatic carbocycles. The van der Waals surface area contributed by atoms with Crippen molar-refractivity contribution in [2.24, 2.45) is 0 Å². The Morgan fingerprint density at radius 2 is 1.90 bits per heavy atom. The molecule has 1 atom stereocenters. The Labute approximate surface area is 124 Å². The molecule has 0 aliphatic heterocycles. The molecule has 0 saturated carbocycles. The Morgan fingerprint density at radius 1 is 1.19 bits per heavy atom. The van der Waals surface area contributed by atoms with Crippen molar-refractivity contribution in [1.29, 1.82) is 5.26 Å². The van der Waals surface area contributed by atoms with Crippen LogP contribution in [0.25, 0.3) is 0 Å². The molecule has 4 heteroatoms. The first kappa shape index (κ1) is 14.8. The van der Waals surface area contributed by atoms with E-state index in [-0.39, 0.29) is 5.91 Å². The molecule has 0 aliphatic rings. The van der Waals surface area contributed by atoms with Crippen LogP contribution in [-0.4, -0.2) is 13.0 Å². The third-order valence-corrected chi connectivity index (χ3v) is 3.22. The van der Waals surface area contributed by atoms with Crippen LogP contribution >= 0.6 is 0 Å². The first-order valence-corrected chi connectivity index (χ1v) is 6.55. The summed E-state index contributed by atoms with van der Waals surface area (Å²) in [5.41, 5.74) is 2.56.